The molecule has 0 aromatic carbocycles. The van der Waals surface area contributed by atoms with Crippen LogP contribution in [0.2, 0.25) is 0 Å². The molecule has 0 saturated heterocycles. The van der Waals surface area contributed by atoms with Gasteiger partial charge in [-0.2, -0.15) is 0 Å². The smallest absolute Gasteiger partial charge is 0.303 e. The van der Waals surface area contributed by atoms with Gasteiger partial charge in [0.2, 0.25) is 10.0 Å². The fourth-order valence-electron chi connectivity index (χ4n) is 1.28. The Hall–Kier alpha value is -0.660. The first-order chi connectivity index (χ1) is 6.64. The lowest BCUT2D eigenvalue weighted by atomic mass is 9.97. The maximum absolute atomic E-state index is 11.0. The van der Waals surface area contributed by atoms with E-state index in [1.54, 1.807) is 6.92 Å². The minimum atomic E-state index is -3.65. The second kappa shape index (κ2) is 5.43. The number of hydrogen-bond donors (Lipinski definition) is 3. The van der Waals surface area contributed by atoms with Gasteiger partial charge in [0.05, 0.1) is 5.25 Å². The first-order valence-electron chi connectivity index (χ1n) is 4.63. The molecule has 0 aliphatic carbocycles. The number of hydrogen-bond acceptors (Lipinski definition) is 4. The summed E-state index contributed by atoms with van der Waals surface area (Å²) in [7, 11) is -3.65. The summed E-state index contributed by atoms with van der Waals surface area (Å²) in [6.45, 7) is 3.14. The third-order valence-corrected chi connectivity index (χ3v) is 3.70. The van der Waals surface area contributed by atoms with Crippen LogP contribution in [0.25, 0.3) is 0 Å². The fraction of sp³-hybridized carbons (Fsp3) is 0.875. The largest absolute Gasteiger partial charge is 0.481 e. The Morgan fingerprint density at radius 2 is 1.87 bits per heavy atom. The van der Waals surface area contributed by atoms with Crippen molar-refractivity contribution in [1.29, 1.82) is 0 Å². The van der Waals surface area contributed by atoms with E-state index in [9.17, 15) is 13.2 Å². The van der Waals surface area contributed by atoms with Crippen LogP contribution in [0.3, 0.4) is 0 Å². The zero-order chi connectivity index (χ0) is 12.2. The minimum absolute atomic E-state index is 0.0228. The van der Waals surface area contributed by atoms with Gasteiger partial charge in [0.15, 0.2) is 0 Å². The van der Waals surface area contributed by atoms with Crippen molar-refractivity contribution in [2.75, 3.05) is 0 Å². The SMILES string of the molecule is CC(CC(=O)O)CC(N)C(C)S(N)(=O)=O. The summed E-state index contributed by atoms with van der Waals surface area (Å²) in [5.74, 6) is -1.08. The number of carbonyl (C=O) groups is 1. The van der Waals surface area contributed by atoms with Crippen LogP contribution in [0.1, 0.15) is 26.7 Å². The van der Waals surface area contributed by atoms with Crippen LogP contribution in [0.15, 0.2) is 0 Å². The molecule has 0 aliphatic rings. The Bertz CT molecular complexity index is 315. The average molecular weight is 238 g/mol. The van der Waals surface area contributed by atoms with Crippen LogP contribution in [0, 0.1) is 5.92 Å². The van der Waals surface area contributed by atoms with E-state index in [4.69, 9.17) is 16.0 Å². The topological polar surface area (TPSA) is 123 Å². The Morgan fingerprint density at radius 1 is 1.40 bits per heavy atom. The number of sulfonamides is 1. The van der Waals surface area contributed by atoms with E-state index in [0.29, 0.717) is 6.42 Å². The molecule has 0 rings (SSSR count). The molecule has 0 fully saturated rings. The van der Waals surface area contributed by atoms with Crippen LogP contribution < -0.4 is 10.9 Å². The van der Waals surface area contributed by atoms with Gasteiger partial charge in [-0.25, -0.2) is 13.6 Å². The third-order valence-electron chi connectivity index (χ3n) is 2.32. The number of aliphatic carboxylic acids is 1. The van der Waals surface area contributed by atoms with Crippen molar-refractivity contribution in [3.8, 4) is 0 Å². The summed E-state index contributed by atoms with van der Waals surface area (Å²) in [6, 6.07) is -0.630. The minimum Gasteiger partial charge on any atom is -0.481 e. The molecule has 3 atom stereocenters. The van der Waals surface area contributed by atoms with Crippen molar-refractivity contribution in [2.24, 2.45) is 16.8 Å². The highest BCUT2D eigenvalue weighted by atomic mass is 32.2. The molecule has 0 aromatic rings. The molecule has 3 unspecified atom stereocenters. The first-order valence-corrected chi connectivity index (χ1v) is 6.24. The maximum atomic E-state index is 11.0. The summed E-state index contributed by atoms with van der Waals surface area (Å²) in [5, 5.41) is 12.6. The van der Waals surface area contributed by atoms with Gasteiger partial charge in [-0.1, -0.05) is 6.92 Å². The molecule has 15 heavy (non-hydrogen) atoms. The van der Waals surface area contributed by atoms with Gasteiger partial charge in [0.25, 0.3) is 0 Å². The summed E-state index contributed by atoms with van der Waals surface area (Å²) in [4.78, 5) is 10.4. The van der Waals surface area contributed by atoms with Gasteiger partial charge in [-0.15, -0.1) is 0 Å². The number of rotatable bonds is 6. The van der Waals surface area contributed by atoms with Crippen LogP contribution in [-0.4, -0.2) is 30.8 Å². The molecule has 0 spiro atoms. The normalized spacial score (nSPS) is 18.1. The van der Waals surface area contributed by atoms with Crippen molar-refractivity contribution >= 4 is 16.0 Å². The average Bonchev–Trinajstić information content (AvgIpc) is 1.99. The molecule has 0 bridgehead atoms. The van der Waals surface area contributed by atoms with E-state index in [0.717, 1.165) is 0 Å². The number of primary sulfonamides is 1. The Morgan fingerprint density at radius 3 is 2.20 bits per heavy atom. The molecule has 0 saturated carbocycles. The lowest BCUT2D eigenvalue weighted by molar-refractivity contribution is -0.138. The molecule has 0 radical (unpaired) electrons. The predicted molar refractivity (Wildman–Crippen MR) is 56.6 cm³/mol. The molecular weight excluding hydrogens is 220 g/mol. The molecular formula is C8H18N2O4S. The molecule has 90 valence electrons. The quantitative estimate of drug-likeness (QED) is 0.575. The first kappa shape index (κ1) is 14.3. The predicted octanol–water partition coefficient (Wildman–Crippen LogP) is -0.508. The van der Waals surface area contributed by atoms with E-state index in [2.05, 4.69) is 0 Å². The highest BCUT2D eigenvalue weighted by Crippen LogP contribution is 2.13. The van der Waals surface area contributed by atoms with E-state index in [-0.39, 0.29) is 12.3 Å². The number of nitrogens with two attached hydrogens (primary N) is 2. The molecule has 0 aliphatic heterocycles. The zero-order valence-electron chi connectivity index (χ0n) is 8.88. The van der Waals surface area contributed by atoms with Crippen molar-refractivity contribution in [3.63, 3.8) is 0 Å². The number of carboxylic acid groups (broad SMARTS) is 1. The van der Waals surface area contributed by atoms with Gasteiger partial charge in [-0.05, 0) is 19.3 Å². The third kappa shape index (κ3) is 5.71. The summed E-state index contributed by atoms with van der Waals surface area (Å²) < 4.78 is 21.9. The van der Waals surface area contributed by atoms with Crippen molar-refractivity contribution in [3.05, 3.63) is 0 Å². The Balaban J connectivity index is 4.25. The van der Waals surface area contributed by atoms with Crippen molar-refractivity contribution in [1.82, 2.24) is 0 Å². The van der Waals surface area contributed by atoms with Crippen LogP contribution >= 0.6 is 0 Å². The standard InChI is InChI=1S/C8H18N2O4S/c1-5(4-8(11)12)3-7(9)6(2)15(10,13)14/h5-7H,3-4,9H2,1-2H3,(H,11,12)(H2,10,13,14). The zero-order valence-corrected chi connectivity index (χ0v) is 9.70. The van der Waals surface area contributed by atoms with Crippen LogP contribution in [0.5, 0.6) is 0 Å². The molecule has 0 amide bonds. The highest BCUT2D eigenvalue weighted by Gasteiger charge is 2.25. The molecule has 7 heteroatoms. The summed E-state index contributed by atoms with van der Waals surface area (Å²) >= 11 is 0. The fourth-order valence-corrected chi connectivity index (χ4v) is 1.88. The summed E-state index contributed by atoms with van der Waals surface area (Å²) in [5.41, 5.74) is 5.63. The van der Waals surface area contributed by atoms with E-state index >= 15 is 0 Å². The van der Waals surface area contributed by atoms with Gasteiger partial charge >= 0.3 is 5.97 Å². The highest BCUT2D eigenvalue weighted by molar-refractivity contribution is 7.89. The van der Waals surface area contributed by atoms with E-state index in [1.165, 1.54) is 6.92 Å². The number of carboxylic acids is 1. The molecule has 0 heterocycles. The van der Waals surface area contributed by atoms with Gasteiger partial charge in [-0.3, -0.25) is 4.79 Å². The monoisotopic (exact) mass is 238 g/mol. The second-order valence-corrected chi connectivity index (χ2v) is 5.82. The molecule has 5 N–H and O–H groups in total. The second-order valence-electron chi connectivity index (χ2n) is 3.90. The van der Waals surface area contributed by atoms with E-state index < -0.39 is 27.3 Å². The Kier molecular flexibility index (Phi) is 5.19. The molecule has 0 aromatic heterocycles. The van der Waals surface area contributed by atoms with E-state index in [1.807, 2.05) is 0 Å². The maximum Gasteiger partial charge on any atom is 0.303 e. The van der Waals surface area contributed by atoms with Gasteiger partial charge in [0, 0.05) is 12.5 Å². The Labute approximate surface area is 89.7 Å². The van der Waals surface area contributed by atoms with Crippen LogP contribution in [0.4, 0.5) is 0 Å². The summed E-state index contributed by atoms with van der Waals surface area (Å²) in [6.07, 6.45) is 0.301. The van der Waals surface area contributed by atoms with Crippen molar-refractivity contribution < 1.29 is 18.3 Å². The van der Waals surface area contributed by atoms with Gasteiger partial charge < -0.3 is 10.8 Å². The van der Waals surface area contributed by atoms with Crippen LogP contribution in [-0.2, 0) is 14.8 Å². The van der Waals surface area contributed by atoms with Crippen molar-refractivity contribution in [2.45, 2.75) is 38.0 Å². The van der Waals surface area contributed by atoms with Gasteiger partial charge in [0.1, 0.15) is 0 Å². The lowest BCUT2D eigenvalue weighted by Gasteiger charge is -2.20. The molecule has 6 nitrogen and oxygen atoms in total. The lowest BCUT2D eigenvalue weighted by Crippen LogP contribution is -2.42.